The minimum atomic E-state index is -0.876. The predicted molar refractivity (Wildman–Crippen MR) is 150 cm³/mol. The van der Waals surface area contributed by atoms with Crippen molar-refractivity contribution in [2.75, 3.05) is 13.2 Å². The van der Waals surface area contributed by atoms with Gasteiger partial charge in [-0.3, -0.25) is 4.79 Å². The monoisotopic (exact) mass is 560 g/mol. The van der Waals surface area contributed by atoms with E-state index < -0.39 is 17.9 Å². The van der Waals surface area contributed by atoms with E-state index in [9.17, 15) is 14.0 Å². The highest BCUT2D eigenvalue weighted by atomic mass is 19.1. The van der Waals surface area contributed by atoms with E-state index in [-0.39, 0.29) is 24.1 Å². The van der Waals surface area contributed by atoms with Crippen LogP contribution in [0.25, 0.3) is 0 Å². The van der Waals surface area contributed by atoms with E-state index in [1.54, 1.807) is 6.07 Å². The first-order chi connectivity index (χ1) is 20.0. The van der Waals surface area contributed by atoms with Crippen LogP contribution in [0.15, 0.2) is 83.4 Å². The van der Waals surface area contributed by atoms with Crippen molar-refractivity contribution in [3.63, 3.8) is 0 Å². The van der Waals surface area contributed by atoms with Gasteiger partial charge >= 0.3 is 6.09 Å². The Balaban J connectivity index is 1.29. The number of ketones is 1. The minimum absolute atomic E-state index is 0.0829. The SMILES string of the molecule is NCCCCC(NC(=O)OCc1ccccc1)C(=O)c1noc(Cc2ccc(OCCc3cccc(F)c3)cc2)n1. The van der Waals surface area contributed by atoms with Crippen molar-refractivity contribution >= 4 is 11.9 Å². The number of carbonyl (C=O) groups is 2. The maximum atomic E-state index is 13.3. The van der Waals surface area contributed by atoms with Gasteiger partial charge in [0.1, 0.15) is 18.2 Å². The molecule has 0 aliphatic heterocycles. The van der Waals surface area contributed by atoms with E-state index in [0.717, 1.165) is 16.7 Å². The van der Waals surface area contributed by atoms with Gasteiger partial charge in [-0.15, -0.1) is 0 Å². The maximum absolute atomic E-state index is 13.3. The summed E-state index contributed by atoms with van der Waals surface area (Å²) in [7, 11) is 0. The number of rotatable bonds is 15. The Morgan fingerprint density at radius 3 is 2.49 bits per heavy atom. The Morgan fingerprint density at radius 1 is 0.951 bits per heavy atom. The van der Waals surface area contributed by atoms with Gasteiger partial charge in [-0.05, 0) is 66.8 Å². The number of amides is 1. The summed E-state index contributed by atoms with van der Waals surface area (Å²) in [6.45, 7) is 0.973. The Kier molecular flexibility index (Phi) is 11.0. The molecule has 1 heterocycles. The molecule has 1 amide bonds. The molecule has 3 N–H and O–H groups in total. The molecule has 9 nitrogen and oxygen atoms in total. The molecule has 1 atom stereocenters. The number of halogens is 1. The fourth-order valence-corrected chi connectivity index (χ4v) is 4.11. The van der Waals surface area contributed by atoms with E-state index in [1.807, 2.05) is 60.7 Å². The number of carbonyl (C=O) groups excluding carboxylic acids is 2. The highest BCUT2D eigenvalue weighted by molar-refractivity contribution is 5.98. The van der Waals surface area contributed by atoms with Crippen LogP contribution in [0.1, 0.15) is 52.5 Å². The number of unbranched alkanes of at least 4 members (excludes halogenated alkanes) is 1. The highest BCUT2D eigenvalue weighted by Crippen LogP contribution is 2.16. The number of aromatic nitrogens is 2. The first kappa shape index (κ1) is 29.4. The summed E-state index contributed by atoms with van der Waals surface area (Å²) in [5.41, 5.74) is 8.18. The van der Waals surface area contributed by atoms with Crippen LogP contribution in [0.2, 0.25) is 0 Å². The van der Waals surface area contributed by atoms with Gasteiger partial charge in [0.15, 0.2) is 0 Å². The second-order valence-electron chi connectivity index (χ2n) is 9.47. The quantitative estimate of drug-likeness (QED) is 0.153. The zero-order valence-electron chi connectivity index (χ0n) is 22.6. The fourth-order valence-electron chi connectivity index (χ4n) is 4.11. The standard InChI is InChI=1S/C31H33FN4O5/c32-25-10-6-9-22(19-25)16-18-39-26-14-12-23(13-15-26)20-28-35-30(36-41-28)29(37)27(11-4-5-17-33)34-31(38)40-21-24-7-2-1-3-8-24/h1-3,6-10,12-15,19,27H,4-5,11,16-18,20-21,33H2,(H,34,38). The number of nitrogens with zero attached hydrogens (tertiary/aromatic N) is 2. The molecule has 41 heavy (non-hydrogen) atoms. The molecule has 1 unspecified atom stereocenters. The van der Waals surface area contributed by atoms with Crippen LogP contribution in [0, 0.1) is 5.82 Å². The van der Waals surface area contributed by atoms with Crippen LogP contribution in [0.3, 0.4) is 0 Å². The number of hydrogen-bond acceptors (Lipinski definition) is 8. The van der Waals surface area contributed by atoms with E-state index in [2.05, 4.69) is 15.5 Å². The molecule has 4 aromatic rings. The molecular weight excluding hydrogens is 527 g/mol. The molecule has 0 radical (unpaired) electrons. The van der Waals surface area contributed by atoms with Gasteiger partial charge in [-0.25, -0.2) is 9.18 Å². The number of ether oxygens (including phenoxy) is 2. The molecule has 4 rings (SSSR count). The van der Waals surface area contributed by atoms with E-state index >= 15 is 0 Å². The molecule has 0 aliphatic rings. The number of nitrogens with two attached hydrogens (primary N) is 1. The lowest BCUT2D eigenvalue weighted by Gasteiger charge is -2.16. The smallest absolute Gasteiger partial charge is 0.408 e. The molecule has 214 valence electrons. The van der Waals surface area contributed by atoms with Crippen LogP contribution >= 0.6 is 0 Å². The first-order valence-corrected chi connectivity index (χ1v) is 13.5. The highest BCUT2D eigenvalue weighted by Gasteiger charge is 2.27. The molecule has 1 aromatic heterocycles. The molecule has 0 fully saturated rings. The minimum Gasteiger partial charge on any atom is -0.493 e. The maximum Gasteiger partial charge on any atom is 0.408 e. The summed E-state index contributed by atoms with van der Waals surface area (Å²) in [6.07, 6.45) is 1.89. The summed E-state index contributed by atoms with van der Waals surface area (Å²) < 4.78 is 29.7. The molecule has 0 spiro atoms. The van der Waals surface area contributed by atoms with Crippen molar-refractivity contribution in [2.24, 2.45) is 5.73 Å². The van der Waals surface area contributed by atoms with Crippen LogP contribution in [-0.4, -0.2) is 41.2 Å². The van der Waals surface area contributed by atoms with E-state index in [4.69, 9.17) is 19.7 Å². The van der Waals surface area contributed by atoms with Gasteiger partial charge in [0.25, 0.3) is 0 Å². The summed E-state index contributed by atoms with van der Waals surface area (Å²) >= 11 is 0. The average Bonchev–Trinajstić information content (AvgIpc) is 3.45. The predicted octanol–water partition coefficient (Wildman–Crippen LogP) is 5.03. The normalized spacial score (nSPS) is 11.6. The lowest BCUT2D eigenvalue weighted by atomic mass is 10.0. The van der Waals surface area contributed by atoms with Gasteiger partial charge in [0.05, 0.1) is 19.1 Å². The lowest BCUT2D eigenvalue weighted by molar-refractivity contribution is 0.0896. The van der Waals surface area contributed by atoms with Crippen LogP contribution in [0.4, 0.5) is 9.18 Å². The average molecular weight is 561 g/mol. The fraction of sp³-hybridized carbons (Fsp3) is 0.290. The van der Waals surface area contributed by atoms with Gasteiger partial charge in [0, 0.05) is 6.42 Å². The number of alkyl carbamates (subject to hydrolysis) is 1. The summed E-state index contributed by atoms with van der Waals surface area (Å²) in [5, 5.41) is 6.49. The molecule has 0 aliphatic carbocycles. The Morgan fingerprint density at radius 2 is 1.73 bits per heavy atom. The second-order valence-corrected chi connectivity index (χ2v) is 9.47. The lowest BCUT2D eigenvalue weighted by Crippen LogP contribution is -2.41. The Bertz CT molecular complexity index is 1400. The molecule has 3 aromatic carbocycles. The van der Waals surface area contributed by atoms with E-state index in [1.165, 1.54) is 12.1 Å². The number of hydrogen-bond donors (Lipinski definition) is 2. The van der Waals surface area contributed by atoms with Gasteiger partial charge < -0.3 is 25.0 Å². The van der Waals surface area contributed by atoms with Crippen molar-refractivity contribution in [1.82, 2.24) is 15.5 Å². The van der Waals surface area contributed by atoms with Crippen molar-refractivity contribution in [3.8, 4) is 5.75 Å². The molecular formula is C31H33FN4O5. The summed E-state index contributed by atoms with van der Waals surface area (Å²) in [5.74, 6) is 0.101. The Hall–Kier alpha value is -4.57. The van der Waals surface area contributed by atoms with Crippen LogP contribution in [-0.2, 0) is 24.2 Å². The number of nitrogens with one attached hydrogen (secondary N) is 1. The molecule has 0 bridgehead atoms. The van der Waals surface area contributed by atoms with Crippen LogP contribution < -0.4 is 15.8 Å². The molecule has 0 saturated heterocycles. The zero-order valence-corrected chi connectivity index (χ0v) is 22.6. The largest absolute Gasteiger partial charge is 0.493 e. The third kappa shape index (κ3) is 9.54. The Labute approximate surface area is 237 Å². The molecule has 10 heteroatoms. The van der Waals surface area contributed by atoms with Gasteiger partial charge in [-0.2, -0.15) is 4.98 Å². The van der Waals surface area contributed by atoms with E-state index in [0.29, 0.717) is 51.0 Å². The van der Waals surface area contributed by atoms with Gasteiger partial charge in [-0.1, -0.05) is 59.8 Å². The van der Waals surface area contributed by atoms with Gasteiger partial charge in [0.2, 0.25) is 17.5 Å². The topological polar surface area (TPSA) is 130 Å². The zero-order chi connectivity index (χ0) is 28.9. The number of Topliss-reactive ketones (excluding diaryl/α,β-unsaturated/α-hetero) is 1. The van der Waals surface area contributed by atoms with Crippen molar-refractivity contribution in [2.45, 2.75) is 44.8 Å². The van der Waals surface area contributed by atoms with Crippen LogP contribution in [0.5, 0.6) is 5.75 Å². The second kappa shape index (κ2) is 15.3. The third-order valence-electron chi connectivity index (χ3n) is 6.28. The first-order valence-electron chi connectivity index (χ1n) is 13.5. The summed E-state index contributed by atoms with van der Waals surface area (Å²) in [6, 6.07) is 22.2. The third-order valence-corrected chi connectivity index (χ3v) is 6.28. The molecule has 0 saturated carbocycles. The van der Waals surface area contributed by atoms with Crippen molar-refractivity contribution < 1.29 is 28.0 Å². The van der Waals surface area contributed by atoms with Crippen molar-refractivity contribution in [3.05, 3.63) is 113 Å². The number of benzene rings is 3. The van der Waals surface area contributed by atoms with Crippen molar-refractivity contribution in [1.29, 1.82) is 0 Å². The summed E-state index contributed by atoms with van der Waals surface area (Å²) in [4.78, 5) is 29.8.